The summed E-state index contributed by atoms with van der Waals surface area (Å²) in [6.07, 6.45) is -0.735. The SMILES string of the molecule is COC(OC)[C@@H]1OC(=O)[C@H](C)[C@H]1C. The number of carbonyl (C=O) groups is 1. The molecule has 0 aliphatic carbocycles. The summed E-state index contributed by atoms with van der Waals surface area (Å²) in [5, 5.41) is 0. The van der Waals surface area contributed by atoms with Crippen LogP contribution in [-0.4, -0.2) is 32.6 Å². The number of esters is 1. The Morgan fingerprint density at radius 1 is 1.31 bits per heavy atom. The fourth-order valence-corrected chi connectivity index (χ4v) is 1.52. The van der Waals surface area contributed by atoms with E-state index < -0.39 is 6.29 Å². The van der Waals surface area contributed by atoms with Crippen molar-refractivity contribution in [2.75, 3.05) is 14.2 Å². The second-order valence-electron chi connectivity index (χ2n) is 3.39. The Bertz CT molecular complexity index is 188. The van der Waals surface area contributed by atoms with E-state index in [4.69, 9.17) is 14.2 Å². The molecule has 1 fully saturated rings. The van der Waals surface area contributed by atoms with E-state index in [0.29, 0.717) is 0 Å². The summed E-state index contributed by atoms with van der Waals surface area (Å²) in [6, 6.07) is 0. The zero-order chi connectivity index (χ0) is 10.0. The molecule has 13 heavy (non-hydrogen) atoms. The highest BCUT2D eigenvalue weighted by Gasteiger charge is 2.43. The Kier molecular flexibility index (Phi) is 3.27. The van der Waals surface area contributed by atoms with Crippen molar-refractivity contribution < 1.29 is 19.0 Å². The van der Waals surface area contributed by atoms with Gasteiger partial charge in [-0.15, -0.1) is 0 Å². The van der Waals surface area contributed by atoms with E-state index in [2.05, 4.69) is 0 Å². The largest absolute Gasteiger partial charge is 0.456 e. The monoisotopic (exact) mass is 188 g/mol. The molecule has 0 aromatic heterocycles. The van der Waals surface area contributed by atoms with Crippen LogP contribution in [0.5, 0.6) is 0 Å². The number of cyclic esters (lactones) is 1. The van der Waals surface area contributed by atoms with Crippen LogP contribution in [0.3, 0.4) is 0 Å². The Morgan fingerprint density at radius 2 is 1.85 bits per heavy atom. The maximum atomic E-state index is 11.2. The van der Waals surface area contributed by atoms with Gasteiger partial charge in [0, 0.05) is 20.1 Å². The molecule has 1 rings (SSSR count). The summed E-state index contributed by atoms with van der Waals surface area (Å²) in [6.45, 7) is 3.82. The van der Waals surface area contributed by atoms with Crippen LogP contribution in [0.25, 0.3) is 0 Å². The van der Waals surface area contributed by atoms with Crippen molar-refractivity contribution in [3.63, 3.8) is 0 Å². The van der Waals surface area contributed by atoms with Crippen molar-refractivity contribution in [1.29, 1.82) is 0 Å². The first-order chi connectivity index (χ1) is 6.11. The van der Waals surface area contributed by atoms with Crippen LogP contribution in [0.1, 0.15) is 13.8 Å². The normalized spacial score (nSPS) is 33.9. The lowest BCUT2D eigenvalue weighted by Crippen LogP contribution is -2.34. The first-order valence-corrected chi connectivity index (χ1v) is 4.38. The first kappa shape index (κ1) is 10.5. The number of rotatable bonds is 3. The van der Waals surface area contributed by atoms with Crippen molar-refractivity contribution in [3.8, 4) is 0 Å². The molecule has 0 bridgehead atoms. The maximum Gasteiger partial charge on any atom is 0.309 e. The Balaban J connectivity index is 2.66. The average molecular weight is 188 g/mol. The number of carbonyl (C=O) groups excluding carboxylic acids is 1. The number of hydrogen-bond acceptors (Lipinski definition) is 4. The van der Waals surface area contributed by atoms with E-state index in [-0.39, 0.29) is 23.9 Å². The van der Waals surface area contributed by atoms with Gasteiger partial charge in [-0.3, -0.25) is 4.79 Å². The summed E-state index contributed by atoms with van der Waals surface area (Å²) >= 11 is 0. The molecule has 0 spiro atoms. The molecule has 0 aromatic rings. The van der Waals surface area contributed by atoms with Crippen LogP contribution in [0.4, 0.5) is 0 Å². The molecule has 1 aliphatic heterocycles. The average Bonchev–Trinajstić information content (AvgIpc) is 2.36. The summed E-state index contributed by atoms with van der Waals surface area (Å²) in [7, 11) is 3.08. The number of hydrogen-bond donors (Lipinski definition) is 0. The number of ether oxygens (including phenoxy) is 3. The number of methoxy groups -OCH3 is 2. The highest BCUT2D eigenvalue weighted by Crippen LogP contribution is 2.30. The molecule has 1 saturated heterocycles. The van der Waals surface area contributed by atoms with Gasteiger partial charge in [-0.2, -0.15) is 0 Å². The van der Waals surface area contributed by atoms with Crippen molar-refractivity contribution in [1.82, 2.24) is 0 Å². The molecule has 4 heteroatoms. The van der Waals surface area contributed by atoms with Gasteiger partial charge < -0.3 is 14.2 Å². The molecule has 0 aromatic carbocycles. The van der Waals surface area contributed by atoms with Crippen LogP contribution in [0.15, 0.2) is 0 Å². The van der Waals surface area contributed by atoms with E-state index >= 15 is 0 Å². The van der Waals surface area contributed by atoms with Gasteiger partial charge in [0.25, 0.3) is 0 Å². The minimum atomic E-state index is -0.455. The van der Waals surface area contributed by atoms with Gasteiger partial charge in [0.1, 0.15) is 0 Å². The second kappa shape index (κ2) is 4.07. The Morgan fingerprint density at radius 3 is 2.15 bits per heavy atom. The summed E-state index contributed by atoms with van der Waals surface area (Å²) < 4.78 is 15.2. The summed E-state index contributed by atoms with van der Waals surface area (Å²) in [5.74, 6) is -0.105. The molecule has 76 valence electrons. The molecular formula is C9H16O4. The van der Waals surface area contributed by atoms with Crippen molar-refractivity contribution in [2.45, 2.75) is 26.2 Å². The Labute approximate surface area is 78.2 Å². The van der Waals surface area contributed by atoms with Crippen LogP contribution in [0, 0.1) is 11.8 Å². The van der Waals surface area contributed by atoms with Crippen LogP contribution < -0.4 is 0 Å². The third kappa shape index (κ3) is 1.84. The smallest absolute Gasteiger partial charge is 0.309 e. The lowest BCUT2D eigenvalue weighted by Gasteiger charge is -2.22. The van der Waals surface area contributed by atoms with E-state index in [9.17, 15) is 4.79 Å². The topological polar surface area (TPSA) is 44.8 Å². The van der Waals surface area contributed by atoms with Gasteiger partial charge in [-0.05, 0) is 0 Å². The summed E-state index contributed by atoms with van der Waals surface area (Å²) in [4.78, 5) is 11.2. The van der Waals surface area contributed by atoms with Crippen LogP contribution >= 0.6 is 0 Å². The van der Waals surface area contributed by atoms with Gasteiger partial charge in [0.05, 0.1) is 5.92 Å². The molecule has 0 saturated carbocycles. The predicted molar refractivity (Wildman–Crippen MR) is 46.0 cm³/mol. The molecular weight excluding hydrogens is 172 g/mol. The summed E-state index contributed by atoms with van der Waals surface area (Å²) in [5.41, 5.74) is 0. The first-order valence-electron chi connectivity index (χ1n) is 4.38. The molecule has 1 heterocycles. The van der Waals surface area contributed by atoms with E-state index in [0.717, 1.165) is 0 Å². The quantitative estimate of drug-likeness (QED) is 0.485. The van der Waals surface area contributed by atoms with E-state index in [1.807, 2.05) is 13.8 Å². The third-order valence-electron chi connectivity index (χ3n) is 2.66. The molecule has 0 N–H and O–H groups in total. The van der Waals surface area contributed by atoms with Gasteiger partial charge in [0.15, 0.2) is 12.4 Å². The maximum absolute atomic E-state index is 11.2. The highest BCUT2D eigenvalue weighted by atomic mass is 16.7. The van der Waals surface area contributed by atoms with E-state index in [1.54, 1.807) is 0 Å². The second-order valence-corrected chi connectivity index (χ2v) is 3.39. The lowest BCUT2D eigenvalue weighted by molar-refractivity contribution is -0.183. The molecule has 3 atom stereocenters. The van der Waals surface area contributed by atoms with Crippen LogP contribution in [-0.2, 0) is 19.0 Å². The van der Waals surface area contributed by atoms with Gasteiger partial charge >= 0.3 is 5.97 Å². The predicted octanol–water partition coefficient (Wildman–Crippen LogP) is 0.803. The standard InChI is InChI=1S/C9H16O4/c1-5-6(2)8(10)13-7(5)9(11-3)12-4/h5-7,9H,1-4H3/t5-,6-,7-/m1/s1. The van der Waals surface area contributed by atoms with Gasteiger partial charge in [0.2, 0.25) is 0 Å². The third-order valence-corrected chi connectivity index (χ3v) is 2.66. The van der Waals surface area contributed by atoms with Crippen LogP contribution in [0.2, 0.25) is 0 Å². The minimum Gasteiger partial charge on any atom is -0.456 e. The van der Waals surface area contributed by atoms with E-state index in [1.165, 1.54) is 14.2 Å². The molecule has 1 aliphatic rings. The molecule has 0 amide bonds. The Hall–Kier alpha value is -0.610. The van der Waals surface area contributed by atoms with Crippen molar-refractivity contribution in [2.24, 2.45) is 11.8 Å². The highest BCUT2D eigenvalue weighted by molar-refractivity contribution is 5.74. The van der Waals surface area contributed by atoms with Gasteiger partial charge in [-0.1, -0.05) is 13.8 Å². The molecule has 0 radical (unpaired) electrons. The van der Waals surface area contributed by atoms with Gasteiger partial charge in [-0.25, -0.2) is 0 Å². The lowest BCUT2D eigenvalue weighted by atomic mass is 9.94. The zero-order valence-corrected chi connectivity index (χ0v) is 8.44. The van der Waals surface area contributed by atoms with Crippen molar-refractivity contribution in [3.05, 3.63) is 0 Å². The zero-order valence-electron chi connectivity index (χ0n) is 8.44. The fraction of sp³-hybridized carbons (Fsp3) is 0.889. The fourth-order valence-electron chi connectivity index (χ4n) is 1.52. The minimum absolute atomic E-state index is 0.0715. The van der Waals surface area contributed by atoms with Crippen molar-refractivity contribution >= 4 is 5.97 Å². The molecule has 0 unspecified atom stereocenters. The molecule has 4 nitrogen and oxygen atoms in total.